The van der Waals surface area contributed by atoms with Gasteiger partial charge in [-0.05, 0) is 12.5 Å². The van der Waals surface area contributed by atoms with Crippen LogP contribution in [-0.2, 0) is 20.0 Å². The lowest BCUT2D eigenvalue weighted by molar-refractivity contribution is 0.170. The fraction of sp³-hybridized carbons (Fsp3) is 0.375. The lowest BCUT2D eigenvalue weighted by Crippen LogP contribution is -2.10. The van der Waals surface area contributed by atoms with Crippen molar-refractivity contribution >= 4 is 10.9 Å². The largest absolute Gasteiger partial charge is 0.386 e. The lowest BCUT2D eigenvalue weighted by Gasteiger charge is -2.10. The van der Waals surface area contributed by atoms with Gasteiger partial charge in [0.15, 0.2) is 0 Å². The van der Waals surface area contributed by atoms with Crippen LogP contribution in [0.4, 0.5) is 0 Å². The first-order valence-corrected chi connectivity index (χ1v) is 7.30. The minimum absolute atomic E-state index is 0.480. The van der Waals surface area contributed by atoms with Crippen molar-refractivity contribution in [2.45, 2.75) is 32.4 Å². The summed E-state index contributed by atoms with van der Waals surface area (Å²) in [6.45, 7) is 3.05. The van der Waals surface area contributed by atoms with Crippen LogP contribution in [0, 0.1) is 0 Å². The molecular weight excluding hydrogens is 264 g/mol. The molecule has 0 radical (unpaired) electrons. The lowest BCUT2D eigenvalue weighted by atomic mass is 10.1. The van der Waals surface area contributed by atoms with Crippen LogP contribution in [0.25, 0.3) is 10.9 Å². The van der Waals surface area contributed by atoms with Crippen LogP contribution in [0.2, 0.25) is 0 Å². The number of aromatic nitrogens is 4. The van der Waals surface area contributed by atoms with E-state index in [1.54, 1.807) is 6.20 Å². The van der Waals surface area contributed by atoms with E-state index in [1.807, 2.05) is 42.2 Å². The van der Waals surface area contributed by atoms with E-state index in [2.05, 4.69) is 21.6 Å². The molecule has 0 amide bonds. The maximum Gasteiger partial charge on any atom is 0.111 e. The van der Waals surface area contributed by atoms with Crippen LogP contribution in [0.5, 0.6) is 0 Å². The van der Waals surface area contributed by atoms with Crippen molar-refractivity contribution in [1.29, 1.82) is 0 Å². The summed E-state index contributed by atoms with van der Waals surface area (Å²) in [4.78, 5) is 4.36. The first kappa shape index (κ1) is 13.8. The number of para-hydroxylation sites is 1. The number of imidazole rings is 1. The Hall–Kier alpha value is -2.14. The molecular formula is C16H20N4O. The van der Waals surface area contributed by atoms with Gasteiger partial charge in [0.25, 0.3) is 0 Å². The summed E-state index contributed by atoms with van der Waals surface area (Å²) in [5.41, 5.74) is 1.75. The number of nitrogens with zero attached hydrogens (tertiary/aromatic N) is 4. The fourth-order valence-corrected chi connectivity index (χ4v) is 2.73. The fourth-order valence-electron chi connectivity index (χ4n) is 2.73. The summed E-state index contributed by atoms with van der Waals surface area (Å²) in [5, 5.41) is 16.0. The number of fused-ring (bicyclic) bond motifs is 1. The Morgan fingerprint density at radius 1 is 1.29 bits per heavy atom. The number of aliphatic hydroxyl groups excluding tert-OH is 1. The van der Waals surface area contributed by atoms with Crippen LogP contribution < -0.4 is 0 Å². The van der Waals surface area contributed by atoms with Crippen LogP contribution >= 0.6 is 0 Å². The number of aliphatic hydroxyl groups is 1. The second-order valence-electron chi connectivity index (χ2n) is 5.28. The predicted octanol–water partition coefficient (Wildman–Crippen LogP) is 2.46. The standard InChI is InChI=1S/C16H20N4O/c1-3-9-20-10-8-17-15(20)11-14(21)16-12-6-4-5-7-13(12)19(2)18-16/h4-8,10,14,21H,3,9,11H2,1-2H3. The van der Waals surface area contributed by atoms with Crippen molar-refractivity contribution in [2.75, 3.05) is 0 Å². The Morgan fingerprint density at radius 2 is 2.10 bits per heavy atom. The van der Waals surface area contributed by atoms with Gasteiger partial charge in [0, 0.05) is 37.8 Å². The molecule has 5 nitrogen and oxygen atoms in total. The SMILES string of the molecule is CCCn1ccnc1CC(O)c1nn(C)c2ccccc12. The molecule has 0 saturated carbocycles. The van der Waals surface area contributed by atoms with Gasteiger partial charge >= 0.3 is 0 Å². The van der Waals surface area contributed by atoms with Gasteiger partial charge in [-0.25, -0.2) is 4.98 Å². The molecule has 110 valence electrons. The van der Waals surface area contributed by atoms with E-state index in [1.165, 1.54) is 0 Å². The Balaban J connectivity index is 1.90. The maximum absolute atomic E-state index is 10.6. The van der Waals surface area contributed by atoms with Gasteiger partial charge in [-0.2, -0.15) is 5.10 Å². The summed E-state index contributed by atoms with van der Waals surface area (Å²) >= 11 is 0. The summed E-state index contributed by atoms with van der Waals surface area (Å²) < 4.78 is 3.90. The topological polar surface area (TPSA) is 55.9 Å². The minimum Gasteiger partial charge on any atom is -0.386 e. The average molecular weight is 284 g/mol. The third kappa shape index (κ3) is 2.56. The first-order chi connectivity index (χ1) is 10.2. The van der Waals surface area contributed by atoms with E-state index in [4.69, 9.17) is 0 Å². The molecule has 0 bridgehead atoms. The molecule has 1 N–H and O–H groups in total. The number of rotatable bonds is 5. The van der Waals surface area contributed by atoms with E-state index in [-0.39, 0.29) is 0 Å². The molecule has 0 fully saturated rings. The van der Waals surface area contributed by atoms with Crippen molar-refractivity contribution in [1.82, 2.24) is 19.3 Å². The zero-order valence-electron chi connectivity index (χ0n) is 12.4. The molecule has 0 saturated heterocycles. The van der Waals surface area contributed by atoms with Crippen molar-refractivity contribution in [3.63, 3.8) is 0 Å². The third-order valence-corrected chi connectivity index (χ3v) is 3.74. The number of aryl methyl sites for hydroxylation is 2. The minimum atomic E-state index is -0.644. The zero-order chi connectivity index (χ0) is 14.8. The number of benzene rings is 1. The number of hydrogen-bond donors (Lipinski definition) is 1. The average Bonchev–Trinajstić information content (AvgIpc) is 3.05. The smallest absolute Gasteiger partial charge is 0.111 e. The number of hydrogen-bond acceptors (Lipinski definition) is 3. The molecule has 0 aliphatic carbocycles. The quantitative estimate of drug-likeness (QED) is 0.783. The summed E-state index contributed by atoms with van der Waals surface area (Å²) in [5.74, 6) is 0.902. The molecule has 1 atom stereocenters. The second-order valence-corrected chi connectivity index (χ2v) is 5.28. The molecule has 2 heterocycles. The maximum atomic E-state index is 10.6. The van der Waals surface area contributed by atoms with Crippen molar-refractivity contribution < 1.29 is 5.11 Å². The van der Waals surface area contributed by atoms with Gasteiger partial charge in [0.05, 0.1) is 11.2 Å². The summed E-state index contributed by atoms with van der Waals surface area (Å²) in [7, 11) is 1.90. The molecule has 0 spiro atoms. The van der Waals surface area contributed by atoms with Crippen LogP contribution in [-0.4, -0.2) is 24.4 Å². The summed E-state index contributed by atoms with van der Waals surface area (Å²) in [6, 6.07) is 7.96. The van der Waals surface area contributed by atoms with E-state index in [0.717, 1.165) is 35.4 Å². The molecule has 3 rings (SSSR count). The van der Waals surface area contributed by atoms with E-state index < -0.39 is 6.10 Å². The molecule has 0 aliphatic heterocycles. The molecule has 2 aromatic heterocycles. The molecule has 0 aliphatic rings. The Labute approximate surface area is 123 Å². The van der Waals surface area contributed by atoms with E-state index in [9.17, 15) is 5.11 Å². The van der Waals surface area contributed by atoms with Crippen LogP contribution in [0.15, 0.2) is 36.7 Å². The van der Waals surface area contributed by atoms with Crippen molar-refractivity contribution in [3.8, 4) is 0 Å². The summed E-state index contributed by atoms with van der Waals surface area (Å²) in [6.07, 6.45) is 4.63. The predicted molar refractivity (Wildman–Crippen MR) is 81.9 cm³/mol. The van der Waals surface area contributed by atoms with Gasteiger partial charge < -0.3 is 9.67 Å². The van der Waals surface area contributed by atoms with Gasteiger partial charge in [-0.15, -0.1) is 0 Å². The van der Waals surface area contributed by atoms with Gasteiger partial charge in [0.2, 0.25) is 0 Å². The zero-order valence-corrected chi connectivity index (χ0v) is 12.4. The Kier molecular flexibility index (Phi) is 3.75. The monoisotopic (exact) mass is 284 g/mol. The van der Waals surface area contributed by atoms with E-state index >= 15 is 0 Å². The second kappa shape index (κ2) is 5.69. The highest BCUT2D eigenvalue weighted by Gasteiger charge is 2.18. The molecule has 3 aromatic rings. The van der Waals surface area contributed by atoms with E-state index in [0.29, 0.717) is 6.42 Å². The Bertz CT molecular complexity index is 744. The van der Waals surface area contributed by atoms with Crippen molar-refractivity contribution in [2.24, 2.45) is 7.05 Å². The van der Waals surface area contributed by atoms with Crippen molar-refractivity contribution in [3.05, 3.63) is 48.2 Å². The normalized spacial score (nSPS) is 12.9. The highest BCUT2D eigenvalue weighted by atomic mass is 16.3. The highest BCUT2D eigenvalue weighted by Crippen LogP contribution is 2.25. The van der Waals surface area contributed by atoms with Gasteiger partial charge in [0.1, 0.15) is 11.9 Å². The molecule has 1 unspecified atom stereocenters. The third-order valence-electron chi connectivity index (χ3n) is 3.74. The molecule has 1 aromatic carbocycles. The Morgan fingerprint density at radius 3 is 2.90 bits per heavy atom. The molecule has 21 heavy (non-hydrogen) atoms. The van der Waals surface area contributed by atoms with Crippen LogP contribution in [0.1, 0.15) is 31.0 Å². The highest BCUT2D eigenvalue weighted by molar-refractivity contribution is 5.82. The first-order valence-electron chi connectivity index (χ1n) is 7.30. The van der Waals surface area contributed by atoms with Crippen LogP contribution in [0.3, 0.4) is 0 Å². The molecule has 5 heteroatoms. The van der Waals surface area contributed by atoms with Gasteiger partial charge in [-0.3, -0.25) is 4.68 Å². The van der Waals surface area contributed by atoms with Gasteiger partial charge in [-0.1, -0.05) is 25.1 Å².